The number of fused-ring (bicyclic) bond motifs is 1. The van der Waals surface area contributed by atoms with Gasteiger partial charge in [-0.1, -0.05) is 72.8 Å². The molecule has 0 saturated carbocycles. The van der Waals surface area contributed by atoms with Gasteiger partial charge >= 0.3 is 0 Å². The van der Waals surface area contributed by atoms with Crippen LogP contribution >= 0.6 is 0 Å². The summed E-state index contributed by atoms with van der Waals surface area (Å²) in [6.07, 6.45) is 2.79. The molecule has 4 nitrogen and oxygen atoms in total. The Hall–Kier alpha value is -3.24. The molecule has 2 heterocycles. The Bertz CT molecular complexity index is 1140. The van der Waals surface area contributed by atoms with E-state index >= 15 is 0 Å². The maximum atomic E-state index is 4.55. The van der Waals surface area contributed by atoms with Gasteiger partial charge in [0.05, 0.1) is 5.69 Å². The molecule has 0 bridgehead atoms. The molecule has 0 spiro atoms. The predicted octanol–water partition coefficient (Wildman–Crippen LogP) is 5.23. The van der Waals surface area contributed by atoms with Gasteiger partial charge in [0.1, 0.15) is 12.1 Å². The fourth-order valence-corrected chi connectivity index (χ4v) is 4.46. The molecule has 1 aromatic heterocycles. The molecule has 2 atom stereocenters. The van der Waals surface area contributed by atoms with E-state index in [0.717, 1.165) is 36.6 Å². The Morgan fingerprint density at radius 1 is 0.933 bits per heavy atom. The lowest BCUT2D eigenvalue weighted by Gasteiger charge is -2.22. The minimum atomic E-state index is 0.298. The third-order valence-electron chi connectivity index (χ3n) is 6.01. The molecule has 150 valence electrons. The van der Waals surface area contributed by atoms with E-state index in [1.54, 1.807) is 6.33 Å². The largest absolute Gasteiger partial charge is 0.355 e. The minimum Gasteiger partial charge on any atom is -0.355 e. The molecule has 5 rings (SSSR count). The normalized spacial score (nSPS) is 17.4. The molecule has 0 radical (unpaired) electrons. The van der Waals surface area contributed by atoms with Crippen LogP contribution in [0.2, 0.25) is 0 Å². The van der Waals surface area contributed by atoms with Crippen LogP contribution in [-0.4, -0.2) is 29.1 Å². The van der Waals surface area contributed by atoms with Crippen molar-refractivity contribution in [1.29, 1.82) is 0 Å². The maximum absolute atomic E-state index is 4.55. The van der Waals surface area contributed by atoms with E-state index in [0.29, 0.717) is 12.1 Å². The number of nitrogens with one attached hydrogen (secondary N) is 1. The van der Waals surface area contributed by atoms with E-state index < -0.39 is 0 Å². The summed E-state index contributed by atoms with van der Waals surface area (Å²) in [7, 11) is 0. The van der Waals surface area contributed by atoms with Gasteiger partial charge in [-0.05, 0) is 29.7 Å². The molecule has 1 aliphatic heterocycles. The zero-order valence-corrected chi connectivity index (χ0v) is 17.2. The van der Waals surface area contributed by atoms with Crippen LogP contribution in [0.25, 0.3) is 22.0 Å². The lowest BCUT2D eigenvalue weighted by atomic mass is 9.99. The van der Waals surface area contributed by atoms with Crippen molar-refractivity contribution in [3.8, 4) is 11.3 Å². The number of hydrogen-bond donors (Lipinski definition) is 1. The number of anilines is 1. The average Bonchev–Trinajstić information content (AvgIpc) is 3.28. The smallest absolute Gasteiger partial charge is 0.132 e. The molecular formula is C26H26N4. The molecule has 0 unspecified atom stereocenters. The van der Waals surface area contributed by atoms with Gasteiger partial charge in [-0.15, -0.1) is 0 Å². The van der Waals surface area contributed by atoms with Crippen LogP contribution in [0, 0.1) is 0 Å². The molecule has 1 fully saturated rings. The summed E-state index contributed by atoms with van der Waals surface area (Å²) in [4.78, 5) is 11.4. The Morgan fingerprint density at radius 3 is 2.63 bits per heavy atom. The van der Waals surface area contributed by atoms with E-state index in [4.69, 9.17) is 0 Å². The lowest BCUT2D eigenvalue weighted by molar-refractivity contribution is 0.483. The van der Waals surface area contributed by atoms with Crippen molar-refractivity contribution in [3.63, 3.8) is 0 Å². The molecule has 3 aromatic carbocycles. The quantitative estimate of drug-likeness (QED) is 0.503. The summed E-state index contributed by atoms with van der Waals surface area (Å²) in [5.74, 6) is 1.01. The van der Waals surface area contributed by atoms with E-state index in [9.17, 15) is 0 Å². The summed E-state index contributed by atoms with van der Waals surface area (Å²) in [5, 5.41) is 6.48. The SMILES string of the molecule is C[C@H](N[C@@H]1CCN(c2cc(-c3ccccc3)ncn2)C1)c1cccc2ccccc12. The van der Waals surface area contributed by atoms with E-state index in [1.807, 2.05) is 18.2 Å². The molecule has 4 heteroatoms. The van der Waals surface area contributed by atoms with Crippen molar-refractivity contribution < 1.29 is 0 Å². The van der Waals surface area contributed by atoms with Crippen LogP contribution in [-0.2, 0) is 0 Å². The number of nitrogens with zero attached hydrogens (tertiary/aromatic N) is 3. The van der Waals surface area contributed by atoms with Crippen molar-refractivity contribution in [2.75, 3.05) is 18.0 Å². The van der Waals surface area contributed by atoms with E-state index in [1.165, 1.54) is 16.3 Å². The van der Waals surface area contributed by atoms with Gasteiger partial charge in [-0.2, -0.15) is 0 Å². The van der Waals surface area contributed by atoms with Crippen LogP contribution in [0.1, 0.15) is 24.9 Å². The highest BCUT2D eigenvalue weighted by molar-refractivity contribution is 5.86. The molecule has 30 heavy (non-hydrogen) atoms. The van der Waals surface area contributed by atoms with E-state index in [-0.39, 0.29) is 0 Å². The van der Waals surface area contributed by atoms with Gasteiger partial charge in [0, 0.05) is 36.8 Å². The molecule has 1 saturated heterocycles. The fraction of sp³-hybridized carbons (Fsp3) is 0.231. The Kier molecular flexibility index (Phi) is 5.16. The van der Waals surface area contributed by atoms with Crippen LogP contribution in [0.15, 0.2) is 85.2 Å². The van der Waals surface area contributed by atoms with Gasteiger partial charge < -0.3 is 10.2 Å². The van der Waals surface area contributed by atoms with Crippen molar-refractivity contribution in [3.05, 3.63) is 90.8 Å². The number of hydrogen-bond acceptors (Lipinski definition) is 4. The Balaban J connectivity index is 1.29. The van der Waals surface area contributed by atoms with Crippen molar-refractivity contribution in [2.24, 2.45) is 0 Å². The van der Waals surface area contributed by atoms with Gasteiger partial charge in [-0.25, -0.2) is 9.97 Å². The molecule has 0 amide bonds. The molecule has 4 aromatic rings. The second-order valence-corrected chi connectivity index (χ2v) is 8.02. The topological polar surface area (TPSA) is 41.0 Å². The first-order valence-electron chi connectivity index (χ1n) is 10.6. The maximum Gasteiger partial charge on any atom is 0.132 e. The van der Waals surface area contributed by atoms with Gasteiger partial charge in [0.25, 0.3) is 0 Å². The lowest BCUT2D eigenvalue weighted by Crippen LogP contribution is -2.34. The standard InChI is InChI=1S/C26H26N4/c1-19(23-13-7-11-20-8-5-6-12-24(20)23)29-22-14-15-30(17-22)26-16-25(27-18-28-26)21-9-3-2-4-10-21/h2-13,16,18-19,22,29H,14-15,17H2,1H3/t19-,22+/m0/s1. The summed E-state index contributed by atoms with van der Waals surface area (Å²) in [6, 6.07) is 28.3. The second kappa shape index (κ2) is 8.25. The monoisotopic (exact) mass is 394 g/mol. The highest BCUT2D eigenvalue weighted by atomic mass is 15.2. The zero-order valence-electron chi connectivity index (χ0n) is 17.2. The molecule has 0 aliphatic carbocycles. The molecule has 1 N–H and O–H groups in total. The number of rotatable bonds is 5. The summed E-state index contributed by atoms with van der Waals surface area (Å²) in [5.41, 5.74) is 3.46. The highest BCUT2D eigenvalue weighted by Gasteiger charge is 2.25. The second-order valence-electron chi connectivity index (χ2n) is 8.02. The summed E-state index contributed by atoms with van der Waals surface area (Å²) >= 11 is 0. The van der Waals surface area contributed by atoms with Gasteiger partial charge in [-0.3, -0.25) is 0 Å². The van der Waals surface area contributed by atoms with Crippen molar-refractivity contribution in [1.82, 2.24) is 15.3 Å². The van der Waals surface area contributed by atoms with E-state index in [2.05, 4.69) is 87.8 Å². The number of benzene rings is 3. The van der Waals surface area contributed by atoms with Gasteiger partial charge in [0.2, 0.25) is 0 Å². The predicted molar refractivity (Wildman–Crippen MR) is 124 cm³/mol. The fourth-order valence-electron chi connectivity index (χ4n) is 4.46. The first kappa shape index (κ1) is 18.8. The Labute approximate surface area is 177 Å². The average molecular weight is 395 g/mol. The highest BCUT2D eigenvalue weighted by Crippen LogP contribution is 2.27. The molecular weight excluding hydrogens is 368 g/mol. The summed E-state index contributed by atoms with van der Waals surface area (Å²) in [6.45, 7) is 4.23. The van der Waals surface area contributed by atoms with Crippen LogP contribution < -0.4 is 10.2 Å². The third-order valence-corrected chi connectivity index (χ3v) is 6.01. The van der Waals surface area contributed by atoms with Crippen LogP contribution in [0.3, 0.4) is 0 Å². The first-order chi connectivity index (χ1) is 14.8. The Morgan fingerprint density at radius 2 is 1.73 bits per heavy atom. The van der Waals surface area contributed by atoms with Crippen LogP contribution in [0.4, 0.5) is 5.82 Å². The van der Waals surface area contributed by atoms with Crippen molar-refractivity contribution >= 4 is 16.6 Å². The zero-order chi connectivity index (χ0) is 20.3. The van der Waals surface area contributed by atoms with Gasteiger partial charge in [0.15, 0.2) is 0 Å². The van der Waals surface area contributed by atoms with Crippen molar-refractivity contribution in [2.45, 2.75) is 25.4 Å². The minimum absolute atomic E-state index is 0.298. The number of aromatic nitrogens is 2. The molecule has 1 aliphatic rings. The first-order valence-corrected chi connectivity index (χ1v) is 10.6. The summed E-state index contributed by atoms with van der Waals surface area (Å²) < 4.78 is 0. The van der Waals surface area contributed by atoms with Crippen LogP contribution in [0.5, 0.6) is 0 Å². The third kappa shape index (κ3) is 3.79.